The topological polar surface area (TPSA) is 52.6 Å². The molecule has 0 saturated heterocycles. The van der Waals surface area contributed by atoms with Crippen LogP contribution in [0.3, 0.4) is 0 Å². The fourth-order valence-corrected chi connectivity index (χ4v) is 3.76. The van der Waals surface area contributed by atoms with Crippen molar-refractivity contribution in [2.24, 2.45) is 0 Å². The van der Waals surface area contributed by atoms with Crippen LogP contribution in [0.1, 0.15) is 50.2 Å². The van der Waals surface area contributed by atoms with E-state index in [4.69, 9.17) is 21.1 Å². The fraction of sp³-hybridized carbons (Fsp3) is 0.241. The molecule has 0 unspecified atom stereocenters. The smallest absolute Gasteiger partial charge is 0.338 e. The molecule has 0 aliphatic carbocycles. The molecule has 4 nitrogen and oxygen atoms in total. The minimum atomic E-state index is -0.396. The average molecular weight is 477 g/mol. The largest absolute Gasteiger partial charge is 0.462 e. The number of hydrogen-bond donors (Lipinski definition) is 0. The van der Waals surface area contributed by atoms with Crippen LogP contribution in [0.5, 0.6) is 0 Å². The summed E-state index contributed by atoms with van der Waals surface area (Å²) in [6.45, 7) is 4.39. The van der Waals surface area contributed by atoms with E-state index < -0.39 is 5.97 Å². The molecule has 0 heterocycles. The first kappa shape index (κ1) is 25.3. The molecule has 0 aliphatic rings. The Labute approximate surface area is 206 Å². The molecule has 0 fully saturated rings. The third-order valence-corrected chi connectivity index (χ3v) is 5.47. The van der Waals surface area contributed by atoms with Gasteiger partial charge in [-0.05, 0) is 81.1 Å². The van der Waals surface area contributed by atoms with E-state index in [1.165, 1.54) is 16.7 Å². The highest BCUT2D eigenvalue weighted by Gasteiger charge is 2.14. The molecule has 5 heteroatoms. The van der Waals surface area contributed by atoms with Crippen molar-refractivity contribution < 1.29 is 19.1 Å². The van der Waals surface area contributed by atoms with Gasteiger partial charge in [0, 0.05) is 5.02 Å². The quantitative estimate of drug-likeness (QED) is 0.181. The SMILES string of the molecule is Cc1cc(C)cc(CC[C@H](/C=C/CCOC(=O)c2ccc(Cl)cc2)OC(=O)c2ccccc2)c1. The summed E-state index contributed by atoms with van der Waals surface area (Å²) in [5.41, 5.74) is 4.61. The molecular weight excluding hydrogens is 448 g/mol. The maximum Gasteiger partial charge on any atom is 0.338 e. The lowest BCUT2D eigenvalue weighted by molar-refractivity contribution is 0.0380. The first-order valence-electron chi connectivity index (χ1n) is 11.3. The van der Waals surface area contributed by atoms with E-state index in [-0.39, 0.29) is 18.7 Å². The monoisotopic (exact) mass is 476 g/mol. The van der Waals surface area contributed by atoms with Gasteiger partial charge in [0.1, 0.15) is 6.10 Å². The Morgan fingerprint density at radius 1 is 0.882 bits per heavy atom. The van der Waals surface area contributed by atoms with Crippen LogP contribution in [0.2, 0.25) is 5.02 Å². The van der Waals surface area contributed by atoms with Gasteiger partial charge in [0.25, 0.3) is 0 Å². The molecule has 0 spiro atoms. The lowest BCUT2D eigenvalue weighted by Gasteiger charge is -2.15. The van der Waals surface area contributed by atoms with Gasteiger partial charge in [0.15, 0.2) is 0 Å². The lowest BCUT2D eigenvalue weighted by Crippen LogP contribution is -2.17. The van der Waals surface area contributed by atoms with Gasteiger partial charge in [-0.25, -0.2) is 9.59 Å². The second-order valence-electron chi connectivity index (χ2n) is 8.20. The summed E-state index contributed by atoms with van der Waals surface area (Å²) >= 11 is 5.85. The Bertz CT molecular complexity index is 1100. The van der Waals surface area contributed by atoms with Crippen molar-refractivity contribution >= 4 is 23.5 Å². The van der Waals surface area contributed by atoms with Crippen molar-refractivity contribution in [3.8, 4) is 0 Å². The summed E-state index contributed by atoms with van der Waals surface area (Å²) in [5, 5.41) is 0.566. The van der Waals surface area contributed by atoms with Crippen LogP contribution in [0.15, 0.2) is 84.9 Å². The maximum absolute atomic E-state index is 12.6. The van der Waals surface area contributed by atoms with Gasteiger partial charge in [0.05, 0.1) is 17.7 Å². The molecule has 0 amide bonds. The van der Waals surface area contributed by atoms with Crippen LogP contribution in [0, 0.1) is 13.8 Å². The molecule has 176 valence electrons. The first-order chi connectivity index (χ1) is 16.4. The van der Waals surface area contributed by atoms with Crippen molar-refractivity contribution in [3.63, 3.8) is 0 Å². The van der Waals surface area contributed by atoms with Crippen LogP contribution in [0.4, 0.5) is 0 Å². The zero-order chi connectivity index (χ0) is 24.3. The molecular formula is C29H29ClO4. The zero-order valence-electron chi connectivity index (χ0n) is 19.5. The maximum atomic E-state index is 12.6. The fourth-order valence-electron chi connectivity index (χ4n) is 3.63. The predicted molar refractivity (Wildman–Crippen MR) is 135 cm³/mol. The van der Waals surface area contributed by atoms with Gasteiger partial charge in [-0.1, -0.05) is 65.2 Å². The summed E-state index contributed by atoms with van der Waals surface area (Å²) in [4.78, 5) is 24.7. The summed E-state index contributed by atoms with van der Waals surface area (Å²) in [7, 11) is 0. The number of benzene rings is 3. The summed E-state index contributed by atoms with van der Waals surface area (Å²) in [5.74, 6) is -0.753. The van der Waals surface area contributed by atoms with E-state index in [1.54, 1.807) is 36.4 Å². The number of carbonyl (C=O) groups excluding carboxylic acids is 2. The molecule has 3 aromatic carbocycles. The molecule has 0 bridgehead atoms. The van der Waals surface area contributed by atoms with Gasteiger partial charge >= 0.3 is 11.9 Å². The third kappa shape index (κ3) is 8.20. The van der Waals surface area contributed by atoms with Crippen LogP contribution in [-0.4, -0.2) is 24.6 Å². The van der Waals surface area contributed by atoms with Crippen LogP contribution in [0.25, 0.3) is 0 Å². The van der Waals surface area contributed by atoms with E-state index in [0.29, 0.717) is 29.0 Å². The minimum absolute atomic E-state index is 0.231. The van der Waals surface area contributed by atoms with E-state index in [2.05, 4.69) is 32.0 Å². The van der Waals surface area contributed by atoms with Gasteiger partial charge in [-0.15, -0.1) is 0 Å². The molecule has 3 aromatic rings. The zero-order valence-corrected chi connectivity index (χ0v) is 20.3. The molecule has 0 radical (unpaired) electrons. The summed E-state index contributed by atoms with van der Waals surface area (Å²) in [6.07, 6.45) is 5.33. The molecule has 0 aromatic heterocycles. The Balaban J connectivity index is 1.57. The van der Waals surface area contributed by atoms with Crippen molar-refractivity contribution in [2.75, 3.05) is 6.61 Å². The standard InChI is InChI=1S/C29H29ClO4/c1-21-18-22(2)20-23(19-21)11-16-27(34-29(32)24-8-4-3-5-9-24)10-6-7-17-33-28(31)25-12-14-26(30)15-13-25/h3-6,8-10,12-15,18-20,27H,7,11,16-17H2,1-2H3/b10-6+/t27-/m0/s1. The Morgan fingerprint density at radius 3 is 2.21 bits per heavy atom. The molecule has 0 aliphatic heterocycles. The normalized spacial score (nSPS) is 11.9. The van der Waals surface area contributed by atoms with Crippen LogP contribution in [-0.2, 0) is 15.9 Å². The number of hydrogen-bond acceptors (Lipinski definition) is 4. The van der Waals surface area contributed by atoms with Crippen molar-refractivity contribution in [1.29, 1.82) is 0 Å². The van der Waals surface area contributed by atoms with E-state index >= 15 is 0 Å². The van der Waals surface area contributed by atoms with Gasteiger partial charge in [-0.2, -0.15) is 0 Å². The molecule has 3 rings (SSSR count). The highest BCUT2D eigenvalue weighted by Crippen LogP contribution is 2.15. The van der Waals surface area contributed by atoms with Crippen LogP contribution >= 0.6 is 11.6 Å². The number of ether oxygens (including phenoxy) is 2. The molecule has 1 atom stereocenters. The number of esters is 2. The molecule has 0 saturated carbocycles. The van der Waals surface area contributed by atoms with Gasteiger partial charge in [-0.3, -0.25) is 0 Å². The first-order valence-corrected chi connectivity index (χ1v) is 11.7. The van der Waals surface area contributed by atoms with Crippen molar-refractivity contribution in [1.82, 2.24) is 0 Å². The lowest BCUT2D eigenvalue weighted by atomic mass is 10.0. The third-order valence-electron chi connectivity index (χ3n) is 5.22. The van der Waals surface area contributed by atoms with Crippen molar-refractivity contribution in [2.45, 2.75) is 39.2 Å². The van der Waals surface area contributed by atoms with E-state index in [0.717, 1.165) is 6.42 Å². The van der Waals surface area contributed by atoms with Crippen molar-refractivity contribution in [3.05, 3.63) is 118 Å². The minimum Gasteiger partial charge on any atom is -0.462 e. The Morgan fingerprint density at radius 2 is 1.53 bits per heavy atom. The highest BCUT2D eigenvalue weighted by atomic mass is 35.5. The van der Waals surface area contributed by atoms with Crippen LogP contribution < -0.4 is 0 Å². The van der Waals surface area contributed by atoms with E-state index in [9.17, 15) is 9.59 Å². The number of carbonyl (C=O) groups is 2. The molecule has 34 heavy (non-hydrogen) atoms. The Kier molecular flexibility index (Phi) is 9.48. The highest BCUT2D eigenvalue weighted by molar-refractivity contribution is 6.30. The Hall–Kier alpha value is -3.37. The van der Waals surface area contributed by atoms with Gasteiger partial charge < -0.3 is 9.47 Å². The number of rotatable bonds is 10. The van der Waals surface area contributed by atoms with E-state index in [1.807, 2.05) is 30.4 Å². The second-order valence-corrected chi connectivity index (χ2v) is 8.64. The predicted octanol–water partition coefficient (Wildman–Crippen LogP) is 6.92. The summed E-state index contributed by atoms with van der Waals surface area (Å²) < 4.78 is 11.1. The average Bonchev–Trinajstić information content (AvgIpc) is 2.82. The molecule has 0 N–H and O–H groups in total. The number of aryl methyl sites for hydroxylation is 3. The second kappa shape index (κ2) is 12.8. The van der Waals surface area contributed by atoms with Gasteiger partial charge in [0.2, 0.25) is 0 Å². The number of halogens is 1. The summed E-state index contributed by atoms with van der Waals surface area (Å²) in [6, 6.07) is 22.0.